The van der Waals surface area contributed by atoms with Crippen molar-refractivity contribution in [1.82, 2.24) is 20.0 Å². The van der Waals surface area contributed by atoms with Crippen molar-refractivity contribution in [3.05, 3.63) is 33.3 Å². The van der Waals surface area contributed by atoms with Gasteiger partial charge in [-0.05, 0) is 0 Å². The molecular formula is C15H15N5O8S. The van der Waals surface area contributed by atoms with Crippen molar-refractivity contribution in [3.63, 3.8) is 0 Å². The van der Waals surface area contributed by atoms with Gasteiger partial charge in [0.15, 0.2) is 0 Å². The molecule has 0 radical (unpaired) electrons. The molecule has 2 N–H and O–H groups in total. The first-order valence-corrected chi connectivity index (χ1v) is 9.19. The van der Waals surface area contributed by atoms with Gasteiger partial charge in [-0.15, -0.1) is 11.8 Å². The van der Waals surface area contributed by atoms with Crippen LogP contribution in [0.25, 0.3) is 0 Å². The minimum atomic E-state index is -1.36. The molecular weight excluding hydrogens is 410 g/mol. The Kier molecular flexibility index (Phi) is 5.28. The van der Waals surface area contributed by atoms with Crippen LogP contribution in [0, 0.1) is 10.1 Å². The molecule has 2 amide bonds. The van der Waals surface area contributed by atoms with Crippen molar-refractivity contribution >= 4 is 41.2 Å². The molecule has 3 rings (SSSR count). The van der Waals surface area contributed by atoms with Crippen molar-refractivity contribution in [2.24, 2.45) is 7.05 Å². The molecule has 0 aliphatic carbocycles. The predicted molar refractivity (Wildman–Crippen MR) is 95.5 cm³/mol. The lowest BCUT2D eigenvalue weighted by Crippen LogP contribution is -2.70. The summed E-state index contributed by atoms with van der Waals surface area (Å²) in [5.41, 5.74) is -1.00. The molecule has 1 saturated heterocycles. The Labute approximate surface area is 166 Å². The maximum absolute atomic E-state index is 12.5. The van der Waals surface area contributed by atoms with Crippen LogP contribution in [0.1, 0.15) is 17.4 Å². The number of rotatable bonds is 6. The van der Waals surface area contributed by atoms with Gasteiger partial charge in [0.2, 0.25) is 5.69 Å². The smallest absolute Gasteiger partial charge is 0.352 e. The summed E-state index contributed by atoms with van der Waals surface area (Å²) >= 11 is 1.18. The van der Waals surface area contributed by atoms with Crippen LogP contribution < -0.4 is 5.32 Å². The van der Waals surface area contributed by atoms with Crippen LogP contribution in [-0.4, -0.2) is 72.2 Å². The summed E-state index contributed by atoms with van der Waals surface area (Å²) < 4.78 is 5.94. The zero-order chi connectivity index (χ0) is 21.5. The Bertz CT molecular complexity index is 970. The lowest BCUT2D eigenvalue weighted by molar-refractivity contribution is -0.385. The number of carboxylic acids is 1. The van der Waals surface area contributed by atoms with Crippen molar-refractivity contribution in [1.29, 1.82) is 0 Å². The molecule has 1 fully saturated rings. The van der Waals surface area contributed by atoms with Gasteiger partial charge in [0.05, 0.1) is 4.92 Å². The molecule has 1 aromatic heterocycles. The van der Waals surface area contributed by atoms with Crippen molar-refractivity contribution in [3.8, 4) is 0 Å². The van der Waals surface area contributed by atoms with E-state index in [0.717, 1.165) is 15.8 Å². The van der Waals surface area contributed by atoms with Crippen LogP contribution in [0.4, 0.5) is 5.69 Å². The quantitative estimate of drug-likeness (QED) is 0.255. The van der Waals surface area contributed by atoms with Crippen molar-refractivity contribution in [2.45, 2.75) is 18.3 Å². The van der Waals surface area contributed by atoms with E-state index in [1.165, 1.54) is 25.7 Å². The number of hydrogen-bond donors (Lipinski definition) is 2. The number of aliphatic carboxylic acids is 1. The highest BCUT2D eigenvalue weighted by molar-refractivity contribution is 8.00. The van der Waals surface area contributed by atoms with Crippen LogP contribution in [0.3, 0.4) is 0 Å². The van der Waals surface area contributed by atoms with E-state index in [2.05, 4.69) is 10.4 Å². The van der Waals surface area contributed by atoms with Crippen LogP contribution >= 0.6 is 11.8 Å². The maximum atomic E-state index is 12.5. The van der Waals surface area contributed by atoms with E-state index in [1.807, 2.05) is 0 Å². The van der Waals surface area contributed by atoms with E-state index in [0.29, 0.717) is 0 Å². The first-order chi connectivity index (χ1) is 13.6. The molecule has 0 aromatic carbocycles. The predicted octanol–water partition coefficient (Wildman–Crippen LogP) is -0.756. The molecule has 13 nitrogen and oxygen atoms in total. The average molecular weight is 425 g/mol. The first-order valence-electron chi connectivity index (χ1n) is 8.14. The number of carbonyl (C=O) groups is 4. The molecule has 0 bridgehead atoms. The molecule has 0 spiro atoms. The lowest BCUT2D eigenvalue weighted by atomic mass is 10.0. The summed E-state index contributed by atoms with van der Waals surface area (Å²) in [6.07, 6.45) is 1.06. The number of ether oxygens (including phenoxy) is 1. The molecule has 2 aliphatic rings. The second-order valence-corrected chi connectivity index (χ2v) is 7.30. The molecule has 2 aliphatic heterocycles. The number of aryl methyl sites for hydroxylation is 1. The topological polar surface area (TPSA) is 174 Å². The largest absolute Gasteiger partial charge is 0.477 e. The summed E-state index contributed by atoms with van der Waals surface area (Å²) in [5.74, 6) is -3.39. The highest BCUT2D eigenvalue weighted by Crippen LogP contribution is 2.40. The minimum absolute atomic E-state index is 0.166. The molecule has 29 heavy (non-hydrogen) atoms. The molecule has 1 aromatic rings. The van der Waals surface area contributed by atoms with Crippen LogP contribution in [0.15, 0.2) is 17.5 Å². The number of nitrogens with one attached hydrogen (secondary N) is 1. The number of nitro groups is 1. The van der Waals surface area contributed by atoms with Crippen LogP contribution in [0.5, 0.6) is 0 Å². The van der Waals surface area contributed by atoms with Gasteiger partial charge in [-0.1, -0.05) is 0 Å². The molecule has 0 saturated carbocycles. The van der Waals surface area contributed by atoms with Gasteiger partial charge in [-0.2, -0.15) is 5.10 Å². The fraction of sp³-hybridized carbons (Fsp3) is 0.400. The third-order valence-electron chi connectivity index (χ3n) is 4.21. The number of β-lactam (4-membered cyclic amide) rings is 1. The number of aromatic nitrogens is 2. The highest BCUT2D eigenvalue weighted by atomic mass is 32.2. The van der Waals surface area contributed by atoms with Gasteiger partial charge in [-0.25, -0.2) is 4.79 Å². The van der Waals surface area contributed by atoms with Crippen molar-refractivity contribution < 1.29 is 33.9 Å². The fourth-order valence-corrected chi connectivity index (χ4v) is 4.29. The molecule has 14 heteroatoms. The summed E-state index contributed by atoms with van der Waals surface area (Å²) in [5, 5.41) is 26.0. The summed E-state index contributed by atoms with van der Waals surface area (Å²) in [6.45, 7) is 0.911. The first kappa shape index (κ1) is 20.3. The van der Waals surface area contributed by atoms with Gasteiger partial charge in [0, 0.05) is 25.3 Å². The molecule has 154 valence electrons. The third kappa shape index (κ3) is 3.65. The van der Waals surface area contributed by atoms with Crippen molar-refractivity contribution in [2.75, 3.05) is 12.4 Å². The monoisotopic (exact) mass is 425 g/mol. The summed E-state index contributed by atoms with van der Waals surface area (Å²) in [7, 11) is 1.41. The average Bonchev–Trinajstić information content (AvgIpc) is 3.05. The number of carbonyl (C=O) groups excluding carboxylic acids is 3. The highest BCUT2D eigenvalue weighted by Gasteiger charge is 2.54. The van der Waals surface area contributed by atoms with E-state index < -0.39 is 51.5 Å². The van der Waals surface area contributed by atoms with E-state index in [4.69, 9.17) is 4.74 Å². The van der Waals surface area contributed by atoms with E-state index in [-0.39, 0.29) is 23.6 Å². The number of esters is 1. The zero-order valence-corrected chi connectivity index (χ0v) is 16.0. The number of thioether (sulfide) groups is 1. The normalized spacial score (nSPS) is 20.6. The molecule has 3 heterocycles. The van der Waals surface area contributed by atoms with Gasteiger partial charge < -0.3 is 15.2 Å². The SMILES string of the molecule is CC(=O)OCC1=C(C(=O)O)N2C(=O)[C@@H](NC(=O)c3nn(C)cc3[N+](=O)[O-])[C@H]2SC1. The Morgan fingerprint density at radius 1 is 1.48 bits per heavy atom. The standard InChI is InChI=1S/C15H15N5O8S/c1-6(21)28-4-7-5-29-14-10(13(23)19(14)11(7)15(24)25)16-12(22)9-8(20(26)27)3-18(2)17-9/h3,10,14H,4-5H2,1-2H3,(H,16,22)(H,24,25)/t10-,14-/m1/s1. The Hall–Kier alpha value is -3.42. The summed E-state index contributed by atoms with van der Waals surface area (Å²) in [4.78, 5) is 58.8. The zero-order valence-electron chi connectivity index (χ0n) is 15.1. The van der Waals surface area contributed by atoms with E-state index in [1.54, 1.807) is 0 Å². The van der Waals surface area contributed by atoms with Gasteiger partial charge >= 0.3 is 17.6 Å². The summed E-state index contributed by atoms with van der Waals surface area (Å²) in [6, 6.07) is -1.07. The van der Waals surface area contributed by atoms with E-state index >= 15 is 0 Å². The number of fused-ring (bicyclic) bond motifs is 1. The third-order valence-corrected chi connectivity index (χ3v) is 5.55. The number of nitrogens with zero attached hydrogens (tertiary/aromatic N) is 4. The Balaban J connectivity index is 1.79. The van der Waals surface area contributed by atoms with Gasteiger partial charge in [0.1, 0.15) is 29.9 Å². The lowest BCUT2D eigenvalue weighted by Gasteiger charge is -2.49. The number of amides is 2. The van der Waals surface area contributed by atoms with Gasteiger partial charge in [-0.3, -0.25) is 34.1 Å². The Morgan fingerprint density at radius 2 is 2.17 bits per heavy atom. The second kappa shape index (κ2) is 7.54. The Morgan fingerprint density at radius 3 is 2.76 bits per heavy atom. The van der Waals surface area contributed by atoms with E-state index in [9.17, 15) is 34.4 Å². The molecule has 2 atom stereocenters. The number of carboxylic acid groups (broad SMARTS) is 1. The second-order valence-electron chi connectivity index (χ2n) is 6.19. The molecule has 0 unspecified atom stereocenters. The fourth-order valence-electron chi connectivity index (χ4n) is 2.96. The minimum Gasteiger partial charge on any atom is -0.477 e. The maximum Gasteiger partial charge on any atom is 0.352 e. The number of hydrogen-bond acceptors (Lipinski definition) is 9. The van der Waals surface area contributed by atoms with Crippen LogP contribution in [-0.2, 0) is 26.2 Å². The van der Waals surface area contributed by atoms with Crippen LogP contribution in [0.2, 0.25) is 0 Å². The van der Waals surface area contributed by atoms with Gasteiger partial charge in [0.25, 0.3) is 11.8 Å².